The molecule has 2 amide bonds. The maximum absolute atomic E-state index is 12.5. The molecule has 1 aromatic heterocycles. The van der Waals surface area contributed by atoms with E-state index in [4.69, 9.17) is 11.6 Å². The number of rotatable bonds is 4. The molecule has 1 atom stereocenters. The summed E-state index contributed by atoms with van der Waals surface area (Å²) < 4.78 is 0. The molecule has 22 heavy (non-hydrogen) atoms. The third-order valence-corrected chi connectivity index (χ3v) is 4.27. The molecule has 0 spiro atoms. The Labute approximate surface area is 137 Å². The molecule has 0 bridgehead atoms. The lowest BCUT2D eigenvalue weighted by Gasteiger charge is -2.24. The average Bonchev–Trinajstić information content (AvgIpc) is 2.93. The average molecular weight is 338 g/mol. The molecule has 5 nitrogen and oxygen atoms in total. The number of halogens is 1. The fourth-order valence-corrected chi connectivity index (χ4v) is 2.76. The Morgan fingerprint density at radius 3 is 2.55 bits per heavy atom. The highest BCUT2D eigenvalue weighted by Gasteiger charge is 2.21. The number of thiazole rings is 1. The molecule has 1 heterocycles. The van der Waals surface area contributed by atoms with E-state index in [2.05, 4.69) is 10.3 Å². The highest BCUT2D eigenvalue weighted by atomic mass is 35.5. The van der Waals surface area contributed by atoms with Crippen LogP contribution in [-0.2, 0) is 4.79 Å². The lowest BCUT2D eigenvalue weighted by atomic mass is 10.1. The van der Waals surface area contributed by atoms with Crippen molar-refractivity contribution in [3.8, 4) is 0 Å². The zero-order valence-electron chi connectivity index (χ0n) is 12.5. The third kappa shape index (κ3) is 3.84. The van der Waals surface area contributed by atoms with Crippen LogP contribution in [0.2, 0.25) is 5.02 Å². The second-order valence-corrected chi connectivity index (χ2v) is 6.16. The van der Waals surface area contributed by atoms with Crippen LogP contribution in [0.15, 0.2) is 29.6 Å². The van der Waals surface area contributed by atoms with Gasteiger partial charge in [0.1, 0.15) is 5.69 Å². The zero-order chi connectivity index (χ0) is 16.3. The Morgan fingerprint density at radius 2 is 1.95 bits per heavy atom. The van der Waals surface area contributed by atoms with Crippen LogP contribution in [-0.4, -0.2) is 28.7 Å². The molecule has 0 aliphatic heterocycles. The molecule has 1 aromatic carbocycles. The number of carbonyl (C=O) groups excluding carboxylic acids is 2. The predicted octanol–water partition coefficient (Wildman–Crippen LogP) is 3.59. The highest BCUT2D eigenvalue weighted by molar-refractivity contribution is 7.14. The Bertz CT molecular complexity index is 684. The van der Waals surface area contributed by atoms with Crippen molar-refractivity contribution in [1.82, 2.24) is 9.88 Å². The van der Waals surface area contributed by atoms with Gasteiger partial charge in [-0.15, -0.1) is 11.3 Å². The number of nitrogens with one attached hydrogen (secondary N) is 1. The third-order valence-electron chi connectivity index (χ3n) is 3.26. The minimum atomic E-state index is -0.212. The molecule has 0 unspecified atom stereocenters. The van der Waals surface area contributed by atoms with Crippen LogP contribution in [0.25, 0.3) is 0 Å². The van der Waals surface area contributed by atoms with Crippen LogP contribution in [0.4, 0.5) is 5.13 Å². The van der Waals surface area contributed by atoms with Gasteiger partial charge in [-0.2, -0.15) is 0 Å². The Morgan fingerprint density at radius 1 is 1.32 bits per heavy atom. The molecule has 2 aromatic rings. The predicted molar refractivity (Wildman–Crippen MR) is 88.4 cm³/mol. The summed E-state index contributed by atoms with van der Waals surface area (Å²) in [6.07, 6.45) is 0. The minimum Gasteiger partial charge on any atom is -0.334 e. The molecule has 2 rings (SSSR count). The van der Waals surface area contributed by atoms with Crippen molar-refractivity contribution < 1.29 is 9.59 Å². The number of aromatic nitrogens is 1. The van der Waals surface area contributed by atoms with Crippen molar-refractivity contribution in [1.29, 1.82) is 0 Å². The molecule has 1 N–H and O–H groups in total. The van der Waals surface area contributed by atoms with Crippen LogP contribution < -0.4 is 5.32 Å². The van der Waals surface area contributed by atoms with Gasteiger partial charge in [0.2, 0.25) is 5.91 Å². The van der Waals surface area contributed by atoms with E-state index in [1.54, 1.807) is 29.5 Å². The quantitative estimate of drug-likeness (QED) is 0.927. The van der Waals surface area contributed by atoms with E-state index in [1.165, 1.54) is 18.3 Å². The summed E-state index contributed by atoms with van der Waals surface area (Å²) in [4.78, 5) is 29.2. The summed E-state index contributed by atoms with van der Waals surface area (Å²) in [7, 11) is 1.72. The number of nitrogens with zero attached hydrogens (tertiary/aromatic N) is 2. The first-order chi connectivity index (χ1) is 10.4. The lowest BCUT2D eigenvalue weighted by molar-refractivity contribution is -0.114. The van der Waals surface area contributed by atoms with Gasteiger partial charge in [0.15, 0.2) is 5.13 Å². The fraction of sp³-hybridized carbons (Fsp3) is 0.267. The van der Waals surface area contributed by atoms with Crippen LogP contribution in [0, 0.1) is 0 Å². The number of benzene rings is 1. The van der Waals surface area contributed by atoms with E-state index in [1.807, 2.05) is 19.1 Å². The van der Waals surface area contributed by atoms with Gasteiger partial charge in [0.05, 0.1) is 6.04 Å². The topological polar surface area (TPSA) is 62.3 Å². The first-order valence-electron chi connectivity index (χ1n) is 6.64. The van der Waals surface area contributed by atoms with Crippen molar-refractivity contribution >= 4 is 39.9 Å². The first-order valence-corrected chi connectivity index (χ1v) is 7.90. The maximum atomic E-state index is 12.5. The van der Waals surface area contributed by atoms with Gasteiger partial charge in [-0.3, -0.25) is 9.59 Å². The molecule has 0 aliphatic rings. The number of amides is 2. The summed E-state index contributed by atoms with van der Waals surface area (Å²) in [5, 5.41) is 5.28. The number of carbonyl (C=O) groups is 2. The van der Waals surface area contributed by atoms with Gasteiger partial charge in [-0.25, -0.2) is 4.98 Å². The van der Waals surface area contributed by atoms with Crippen molar-refractivity contribution in [2.75, 3.05) is 12.4 Å². The van der Waals surface area contributed by atoms with E-state index in [9.17, 15) is 9.59 Å². The summed E-state index contributed by atoms with van der Waals surface area (Å²) in [5.74, 6) is -0.411. The Balaban J connectivity index is 2.12. The van der Waals surface area contributed by atoms with Crippen molar-refractivity contribution in [3.05, 3.63) is 45.9 Å². The molecular weight excluding hydrogens is 322 g/mol. The summed E-state index contributed by atoms with van der Waals surface area (Å²) in [5.41, 5.74) is 1.30. The summed E-state index contributed by atoms with van der Waals surface area (Å²) >= 11 is 7.10. The van der Waals surface area contributed by atoms with Crippen molar-refractivity contribution in [2.24, 2.45) is 0 Å². The SMILES string of the molecule is CC(=O)Nc1nc(C(=O)N(C)[C@@H](C)c2ccc(Cl)cc2)cs1. The minimum absolute atomic E-state index is 0.115. The monoisotopic (exact) mass is 337 g/mol. The van der Waals surface area contributed by atoms with Gasteiger partial charge >= 0.3 is 0 Å². The van der Waals surface area contributed by atoms with Crippen LogP contribution in [0.3, 0.4) is 0 Å². The molecule has 0 aliphatic carbocycles. The number of anilines is 1. The molecule has 0 saturated heterocycles. The van der Waals surface area contributed by atoms with Crippen molar-refractivity contribution in [3.63, 3.8) is 0 Å². The van der Waals surface area contributed by atoms with E-state index >= 15 is 0 Å². The highest BCUT2D eigenvalue weighted by Crippen LogP contribution is 2.23. The first kappa shape index (κ1) is 16.5. The largest absolute Gasteiger partial charge is 0.334 e. The molecule has 0 fully saturated rings. The Hall–Kier alpha value is -1.92. The number of hydrogen-bond acceptors (Lipinski definition) is 4. The van der Waals surface area contributed by atoms with E-state index in [0.29, 0.717) is 15.8 Å². The standard InChI is InChI=1S/C15H16ClN3O2S/c1-9(11-4-6-12(16)7-5-11)19(3)14(21)13-8-22-15(18-13)17-10(2)20/h4-9H,1-3H3,(H,17,18,20)/t9-/m0/s1. The van der Waals surface area contributed by atoms with Crippen molar-refractivity contribution in [2.45, 2.75) is 19.9 Å². The van der Waals surface area contributed by atoms with E-state index in [0.717, 1.165) is 5.56 Å². The molecule has 0 radical (unpaired) electrons. The normalized spacial score (nSPS) is 11.8. The van der Waals surface area contributed by atoms with Gasteiger partial charge in [-0.05, 0) is 24.6 Å². The van der Waals surface area contributed by atoms with Gasteiger partial charge in [0.25, 0.3) is 5.91 Å². The summed E-state index contributed by atoms with van der Waals surface area (Å²) in [6.45, 7) is 3.33. The number of hydrogen-bond donors (Lipinski definition) is 1. The molecule has 0 saturated carbocycles. The van der Waals surface area contributed by atoms with Crippen LogP contribution in [0.5, 0.6) is 0 Å². The van der Waals surface area contributed by atoms with E-state index in [-0.39, 0.29) is 17.9 Å². The second kappa shape index (κ2) is 6.89. The second-order valence-electron chi connectivity index (χ2n) is 4.86. The summed E-state index contributed by atoms with van der Waals surface area (Å²) in [6, 6.07) is 7.25. The van der Waals surface area contributed by atoms with Gasteiger partial charge in [0, 0.05) is 24.4 Å². The lowest BCUT2D eigenvalue weighted by Crippen LogP contribution is -2.29. The fourth-order valence-electron chi connectivity index (χ4n) is 1.90. The van der Waals surface area contributed by atoms with Gasteiger partial charge in [-0.1, -0.05) is 23.7 Å². The zero-order valence-corrected chi connectivity index (χ0v) is 14.0. The van der Waals surface area contributed by atoms with Crippen LogP contribution in [0.1, 0.15) is 35.9 Å². The maximum Gasteiger partial charge on any atom is 0.273 e. The van der Waals surface area contributed by atoms with E-state index < -0.39 is 0 Å². The molecule has 116 valence electrons. The smallest absolute Gasteiger partial charge is 0.273 e. The van der Waals surface area contributed by atoms with Gasteiger partial charge < -0.3 is 10.2 Å². The van der Waals surface area contributed by atoms with Crippen LogP contribution >= 0.6 is 22.9 Å². The molecular formula is C15H16ClN3O2S. The molecule has 7 heteroatoms. The Kier molecular flexibility index (Phi) is 5.15.